The Balaban J connectivity index is 2.76. The molecule has 0 N–H and O–H groups in total. The van der Waals surface area contributed by atoms with Crippen LogP contribution in [0.15, 0.2) is 24.5 Å². The average molecular weight is 193 g/mol. The van der Waals surface area contributed by atoms with E-state index in [9.17, 15) is 4.79 Å². The van der Waals surface area contributed by atoms with E-state index in [1.807, 2.05) is 0 Å². The largest absolute Gasteiger partial charge is 0.495 e. The summed E-state index contributed by atoms with van der Waals surface area (Å²) in [6.45, 7) is 0. The molecule has 1 aromatic rings. The van der Waals surface area contributed by atoms with Crippen molar-refractivity contribution in [3.63, 3.8) is 0 Å². The summed E-state index contributed by atoms with van der Waals surface area (Å²) in [7, 11) is 2.89. The third kappa shape index (κ3) is 2.90. The summed E-state index contributed by atoms with van der Waals surface area (Å²) in [5, 5.41) is 0. The van der Waals surface area contributed by atoms with Crippen LogP contribution in [-0.4, -0.2) is 25.2 Å². The van der Waals surface area contributed by atoms with Gasteiger partial charge in [0.2, 0.25) is 0 Å². The van der Waals surface area contributed by atoms with Crippen molar-refractivity contribution >= 4 is 12.0 Å². The normalized spacial score (nSPS) is 10.1. The Kier molecular flexibility index (Phi) is 3.67. The van der Waals surface area contributed by atoms with E-state index in [1.54, 1.807) is 31.6 Å². The second-order valence-corrected chi connectivity index (χ2v) is 2.51. The van der Waals surface area contributed by atoms with Crippen LogP contribution in [0.1, 0.15) is 5.56 Å². The van der Waals surface area contributed by atoms with Crippen LogP contribution < -0.4 is 4.74 Å². The van der Waals surface area contributed by atoms with E-state index in [0.717, 1.165) is 5.56 Å². The van der Waals surface area contributed by atoms with Gasteiger partial charge in [0.1, 0.15) is 5.75 Å². The van der Waals surface area contributed by atoms with Gasteiger partial charge in [0.25, 0.3) is 0 Å². The number of hydrogen-bond acceptors (Lipinski definition) is 4. The highest BCUT2D eigenvalue weighted by atomic mass is 16.5. The summed E-state index contributed by atoms with van der Waals surface area (Å²) in [5.74, 6) is 0.254. The Morgan fingerprint density at radius 3 is 2.86 bits per heavy atom. The molecule has 0 aliphatic carbocycles. The minimum absolute atomic E-state index is 0.396. The van der Waals surface area contributed by atoms with Crippen molar-refractivity contribution in [2.24, 2.45) is 0 Å². The van der Waals surface area contributed by atoms with E-state index in [2.05, 4.69) is 9.72 Å². The molecule has 1 aromatic heterocycles. The summed E-state index contributed by atoms with van der Waals surface area (Å²) >= 11 is 0. The first-order chi connectivity index (χ1) is 6.76. The fourth-order valence-corrected chi connectivity index (χ4v) is 0.871. The van der Waals surface area contributed by atoms with Crippen LogP contribution in [0.25, 0.3) is 6.08 Å². The fourth-order valence-electron chi connectivity index (χ4n) is 0.871. The Labute approximate surface area is 82.2 Å². The molecule has 0 spiro atoms. The van der Waals surface area contributed by atoms with Gasteiger partial charge in [0.15, 0.2) is 0 Å². The summed E-state index contributed by atoms with van der Waals surface area (Å²) in [5.41, 5.74) is 0.787. The number of methoxy groups -OCH3 is 2. The monoisotopic (exact) mass is 193 g/mol. The summed E-state index contributed by atoms with van der Waals surface area (Å²) in [6, 6.07) is 1.77. The van der Waals surface area contributed by atoms with Crippen molar-refractivity contribution in [1.82, 2.24) is 4.98 Å². The number of nitrogens with zero attached hydrogens (tertiary/aromatic N) is 1. The molecule has 0 radical (unpaired) electrons. The van der Waals surface area contributed by atoms with E-state index in [0.29, 0.717) is 5.75 Å². The molecule has 4 nitrogen and oxygen atoms in total. The van der Waals surface area contributed by atoms with Crippen LogP contribution in [-0.2, 0) is 9.53 Å². The van der Waals surface area contributed by atoms with Gasteiger partial charge < -0.3 is 9.47 Å². The number of pyridine rings is 1. The molecule has 1 heterocycles. The van der Waals surface area contributed by atoms with Crippen LogP contribution in [0.2, 0.25) is 0 Å². The Bertz CT molecular complexity index is 347. The van der Waals surface area contributed by atoms with Gasteiger partial charge in [-0.15, -0.1) is 0 Å². The number of carbonyl (C=O) groups is 1. The van der Waals surface area contributed by atoms with Gasteiger partial charge in [0.05, 0.1) is 20.4 Å². The van der Waals surface area contributed by atoms with E-state index in [1.165, 1.54) is 13.2 Å². The van der Waals surface area contributed by atoms with Gasteiger partial charge in [0, 0.05) is 12.3 Å². The van der Waals surface area contributed by atoms with Crippen LogP contribution in [0.4, 0.5) is 0 Å². The van der Waals surface area contributed by atoms with Crippen molar-refractivity contribution < 1.29 is 14.3 Å². The van der Waals surface area contributed by atoms with Crippen molar-refractivity contribution in [1.29, 1.82) is 0 Å². The van der Waals surface area contributed by atoms with Gasteiger partial charge in [-0.1, -0.05) is 0 Å². The van der Waals surface area contributed by atoms with Gasteiger partial charge in [-0.3, -0.25) is 4.98 Å². The molecule has 4 heteroatoms. The molecule has 0 amide bonds. The average Bonchev–Trinajstić information content (AvgIpc) is 2.26. The van der Waals surface area contributed by atoms with E-state index in [-0.39, 0.29) is 0 Å². The Morgan fingerprint density at radius 2 is 2.21 bits per heavy atom. The smallest absolute Gasteiger partial charge is 0.330 e. The number of rotatable bonds is 3. The first-order valence-corrected chi connectivity index (χ1v) is 4.01. The maximum absolute atomic E-state index is 10.8. The standard InChI is InChI=1S/C10H11NO3/c1-13-9-5-8(6-11-7-9)3-4-10(12)14-2/h3-7H,1-2H3/b4-3-. The Morgan fingerprint density at radius 1 is 1.43 bits per heavy atom. The maximum Gasteiger partial charge on any atom is 0.330 e. The molecule has 0 saturated carbocycles. The van der Waals surface area contributed by atoms with E-state index < -0.39 is 5.97 Å². The van der Waals surface area contributed by atoms with Crippen molar-refractivity contribution in [3.05, 3.63) is 30.1 Å². The van der Waals surface area contributed by atoms with Crippen molar-refractivity contribution in [2.75, 3.05) is 14.2 Å². The molecule has 0 saturated heterocycles. The molecule has 0 atom stereocenters. The quantitative estimate of drug-likeness (QED) is 0.536. The lowest BCUT2D eigenvalue weighted by molar-refractivity contribution is -0.134. The summed E-state index contributed by atoms with van der Waals surface area (Å²) in [6.07, 6.45) is 6.16. The molecule has 0 aliphatic rings. The van der Waals surface area contributed by atoms with Crippen molar-refractivity contribution in [2.45, 2.75) is 0 Å². The molecular formula is C10H11NO3. The molecule has 0 unspecified atom stereocenters. The van der Waals surface area contributed by atoms with Crippen LogP contribution in [0.3, 0.4) is 0 Å². The van der Waals surface area contributed by atoms with Gasteiger partial charge in [-0.25, -0.2) is 4.79 Å². The highest BCUT2D eigenvalue weighted by Crippen LogP contribution is 2.11. The molecular weight excluding hydrogens is 182 g/mol. The zero-order chi connectivity index (χ0) is 10.4. The second-order valence-electron chi connectivity index (χ2n) is 2.51. The van der Waals surface area contributed by atoms with Crippen LogP contribution in [0.5, 0.6) is 5.75 Å². The minimum Gasteiger partial charge on any atom is -0.495 e. The molecule has 0 aliphatic heterocycles. The molecule has 74 valence electrons. The zero-order valence-electron chi connectivity index (χ0n) is 8.06. The van der Waals surface area contributed by atoms with Gasteiger partial charge >= 0.3 is 5.97 Å². The topological polar surface area (TPSA) is 48.4 Å². The lowest BCUT2D eigenvalue weighted by atomic mass is 10.2. The number of hydrogen-bond donors (Lipinski definition) is 0. The van der Waals surface area contributed by atoms with Gasteiger partial charge in [-0.05, 0) is 17.7 Å². The molecule has 1 rings (SSSR count). The summed E-state index contributed by atoms with van der Waals surface area (Å²) in [4.78, 5) is 14.7. The molecule has 14 heavy (non-hydrogen) atoms. The first-order valence-electron chi connectivity index (χ1n) is 4.01. The van der Waals surface area contributed by atoms with E-state index in [4.69, 9.17) is 4.74 Å². The molecule has 0 bridgehead atoms. The second kappa shape index (κ2) is 5.01. The lowest BCUT2D eigenvalue weighted by Crippen LogP contribution is -1.93. The van der Waals surface area contributed by atoms with E-state index >= 15 is 0 Å². The SMILES string of the molecule is COC(=O)/C=C\c1cncc(OC)c1. The fraction of sp³-hybridized carbons (Fsp3) is 0.200. The molecule has 0 fully saturated rings. The summed E-state index contributed by atoms with van der Waals surface area (Å²) < 4.78 is 9.43. The number of aromatic nitrogens is 1. The van der Waals surface area contributed by atoms with Crippen LogP contribution >= 0.6 is 0 Å². The number of carbonyl (C=O) groups excluding carboxylic acids is 1. The van der Waals surface area contributed by atoms with Gasteiger partial charge in [-0.2, -0.15) is 0 Å². The molecule has 0 aromatic carbocycles. The predicted molar refractivity (Wildman–Crippen MR) is 51.8 cm³/mol. The predicted octanol–water partition coefficient (Wildman–Crippen LogP) is 1.28. The minimum atomic E-state index is -0.396. The Hall–Kier alpha value is -1.84. The van der Waals surface area contributed by atoms with Crippen LogP contribution in [0, 0.1) is 0 Å². The highest BCUT2D eigenvalue weighted by Gasteiger charge is 1.94. The number of esters is 1. The third-order valence-electron chi connectivity index (χ3n) is 1.58. The maximum atomic E-state index is 10.8. The third-order valence-corrected chi connectivity index (χ3v) is 1.58. The highest BCUT2D eigenvalue weighted by molar-refractivity contribution is 5.86. The zero-order valence-corrected chi connectivity index (χ0v) is 8.06. The first kappa shape index (κ1) is 10.2. The number of ether oxygens (including phenoxy) is 2. The lowest BCUT2D eigenvalue weighted by Gasteiger charge is -1.98. The van der Waals surface area contributed by atoms with Crippen molar-refractivity contribution in [3.8, 4) is 5.75 Å².